The average Bonchev–Trinajstić information content (AvgIpc) is 3.00. The van der Waals surface area contributed by atoms with E-state index in [4.69, 9.17) is 4.74 Å². The highest BCUT2D eigenvalue weighted by Crippen LogP contribution is 2.28. The van der Waals surface area contributed by atoms with Crippen LogP contribution >= 0.6 is 11.8 Å². The molecule has 1 heterocycles. The number of hydrogen-bond acceptors (Lipinski definition) is 4. The zero-order chi connectivity index (χ0) is 15.8. The number of aliphatic imine (C=N–C) groups is 1. The number of thioether (sulfide) groups is 1. The first-order valence-corrected chi connectivity index (χ1v) is 9.11. The predicted octanol–water partition coefficient (Wildman–Crippen LogP) is 2.43. The lowest BCUT2D eigenvalue weighted by molar-refractivity contribution is 0.396. The van der Waals surface area contributed by atoms with Gasteiger partial charge in [0.1, 0.15) is 0 Å². The van der Waals surface area contributed by atoms with Crippen LogP contribution in [0.1, 0.15) is 31.9 Å². The Morgan fingerprint density at radius 2 is 2.32 bits per heavy atom. The first-order chi connectivity index (χ1) is 10.7. The largest absolute Gasteiger partial charge is 0.481 e. The number of aromatic nitrogens is 1. The van der Waals surface area contributed by atoms with E-state index in [1.807, 2.05) is 30.0 Å². The predicted molar refractivity (Wildman–Crippen MR) is 93.7 cm³/mol. The third-order valence-corrected chi connectivity index (χ3v) is 4.89. The summed E-state index contributed by atoms with van der Waals surface area (Å²) in [6.45, 7) is 3.49. The monoisotopic (exact) mass is 322 g/mol. The number of ether oxygens (including phenoxy) is 1. The van der Waals surface area contributed by atoms with Crippen molar-refractivity contribution in [1.82, 2.24) is 15.6 Å². The topological polar surface area (TPSA) is 58.5 Å². The fourth-order valence-electron chi connectivity index (χ4n) is 2.62. The zero-order valence-electron chi connectivity index (χ0n) is 13.6. The molecular formula is C16H26N4OS. The van der Waals surface area contributed by atoms with Crippen LogP contribution in [0.2, 0.25) is 0 Å². The van der Waals surface area contributed by atoms with Crippen molar-refractivity contribution in [2.75, 3.05) is 19.9 Å². The molecule has 22 heavy (non-hydrogen) atoms. The van der Waals surface area contributed by atoms with E-state index >= 15 is 0 Å². The molecule has 0 spiro atoms. The minimum Gasteiger partial charge on any atom is -0.481 e. The van der Waals surface area contributed by atoms with Gasteiger partial charge in [0.2, 0.25) is 5.88 Å². The summed E-state index contributed by atoms with van der Waals surface area (Å²) in [7, 11) is 1.63. The maximum Gasteiger partial charge on any atom is 0.213 e. The number of nitrogens with zero attached hydrogens (tertiary/aromatic N) is 2. The molecular weight excluding hydrogens is 296 g/mol. The molecule has 0 radical (unpaired) electrons. The number of methoxy groups -OCH3 is 1. The van der Waals surface area contributed by atoms with E-state index in [9.17, 15) is 0 Å². The molecule has 122 valence electrons. The molecule has 2 N–H and O–H groups in total. The number of guanidine groups is 1. The smallest absolute Gasteiger partial charge is 0.213 e. The van der Waals surface area contributed by atoms with Gasteiger partial charge in [0.25, 0.3) is 0 Å². The summed E-state index contributed by atoms with van der Waals surface area (Å²) in [5.41, 5.74) is 0.907. The Morgan fingerprint density at radius 1 is 1.45 bits per heavy atom. The van der Waals surface area contributed by atoms with E-state index in [-0.39, 0.29) is 0 Å². The Hall–Kier alpha value is -1.43. The second-order valence-electron chi connectivity index (χ2n) is 5.38. The van der Waals surface area contributed by atoms with Crippen LogP contribution in [0.5, 0.6) is 5.88 Å². The molecule has 1 fully saturated rings. The molecule has 1 aromatic heterocycles. The van der Waals surface area contributed by atoms with Gasteiger partial charge in [0, 0.05) is 23.9 Å². The molecule has 2 rings (SSSR count). The highest BCUT2D eigenvalue weighted by atomic mass is 32.2. The number of nitrogens with one attached hydrogen (secondary N) is 2. The molecule has 0 amide bonds. The molecule has 6 heteroatoms. The molecule has 2 unspecified atom stereocenters. The summed E-state index contributed by atoms with van der Waals surface area (Å²) < 4.78 is 5.15. The number of rotatable bonds is 6. The van der Waals surface area contributed by atoms with Crippen molar-refractivity contribution in [2.45, 2.75) is 44.0 Å². The molecule has 2 atom stereocenters. The number of pyridine rings is 1. The zero-order valence-corrected chi connectivity index (χ0v) is 14.4. The first kappa shape index (κ1) is 16.9. The highest BCUT2D eigenvalue weighted by molar-refractivity contribution is 7.99. The standard InChI is InChI=1S/C16H26N4OS/c1-4-17-16(20-12-8-9-14(10-12)22-3)18-11-13-6-5-7-15(19-13)21-2/h5-7,12,14H,4,8-11H2,1-3H3,(H2,17,18,20). The van der Waals surface area contributed by atoms with Crippen LogP contribution in [0, 0.1) is 0 Å². The molecule has 0 saturated heterocycles. The summed E-state index contributed by atoms with van der Waals surface area (Å²) in [4.78, 5) is 9.04. The van der Waals surface area contributed by atoms with Crippen molar-refractivity contribution in [3.8, 4) is 5.88 Å². The Morgan fingerprint density at radius 3 is 3.00 bits per heavy atom. The second-order valence-corrected chi connectivity index (χ2v) is 6.52. The quantitative estimate of drug-likeness (QED) is 0.622. The molecule has 1 aliphatic carbocycles. The second kappa shape index (κ2) is 8.88. The first-order valence-electron chi connectivity index (χ1n) is 7.82. The summed E-state index contributed by atoms with van der Waals surface area (Å²) in [5.74, 6) is 1.50. The molecule has 0 aliphatic heterocycles. The van der Waals surface area contributed by atoms with E-state index in [1.165, 1.54) is 19.3 Å². The van der Waals surface area contributed by atoms with Crippen LogP contribution in [-0.2, 0) is 6.54 Å². The molecule has 1 saturated carbocycles. The fourth-order valence-corrected chi connectivity index (χ4v) is 3.41. The molecule has 0 aromatic carbocycles. The molecule has 1 aliphatic rings. The van der Waals surface area contributed by atoms with Gasteiger partial charge in [-0.15, -0.1) is 0 Å². The van der Waals surface area contributed by atoms with Gasteiger partial charge in [-0.05, 0) is 38.5 Å². The lowest BCUT2D eigenvalue weighted by Crippen LogP contribution is -2.42. The third-order valence-electron chi connectivity index (χ3n) is 3.79. The molecule has 1 aromatic rings. The van der Waals surface area contributed by atoms with Gasteiger partial charge in [-0.2, -0.15) is 11.8 Å². The maximum atomic E-state index is 5.15. The average molecular weight is 322 g/mol. The fraction of sp³-hybridized carbons (Fsp3) is 0.625. The van der Waals surface area contributed by atoms with E-state index in [2.05, 4.69) is 33.8 Å². The Kier molecular flexibility index (Phi) is 6.83. The van der Waals surface area contributed by atoms with Crippen molar-refractivity contribution >= 4 is 17.7 Å². The highest BCUT2D eigenvalue weighted by Gasteiger charge is 2.24. The van der Waals surface area contributed by atoms with Crippen LogP contribution < -0.4 is 15.4 Å². The van der Waals surface area contributed by atoms with Crippen LogP contribution in [0.15, 0.2) is 23.2 Å². The Balaban J connectivity index is 1.94. The van der Waals surface area contributed by atoms with Crippen molar-refractivity contribution in [3.05, 3.63) is 23.9 Å². The van der Waals surface area contributed by atoms with Gasteiger partial charge in [-0.1, -0.05) is 6.07 Å². The third kappa shape index (κ3) is 5.09. The molecule has 5 nitrogen and oxygen atoms in total. The summed E-state index contributed by atoms with van der Waals surface area (Å²) >= 11 is 1.97. The summed E-state index contributed by atoms with van der Waals surface area (Å²) in [5, 5.41) is 7.64. The molecule has 0 bridgehead atoms. The normalized spacial score (nSPS) is 21.7. The lowest BCUT2D eigenvalue weighted by atomic mass is 10.2. The van der Waals surface area contributed by atoms with Gasteiger partial charge >= 0.3 is 0 Å². The minimum absolute atomic E-state index is 0.522. The van der Waals surface area contributed by atoms with Crippen molar-refractivity contribution < 1.29 is 4.74 Å². The van der Waals surface area contributed by atoms with Crippen molar-refractivity contribution in [3.63, 3.8) is 0 Å². The summed E-state index contributed by atoms with van der Waals surface area (Å²) in [6, 6.07) is 6.28. The van der Waals surface area contributed by atoms with Gasteiger partial charge < -0.3 is 15.4 Å². The van der Waals surface area contributed by atoms with Crippen molar-refractivity contribution in [2.24, 2.45) is 4.99 Å². The van der Waals surface area contributed by atoms with Gasteiger partial charge in [0.15, 0.2) is 5.96 Å². The van der Waals surface area contributed by atoms with Gasteiger partial charge in [0.05, 0.1) is 19.3 Å². The van der Waals surface area contributed by atoms with Gasteiger partial charge in [-0.25, -0.2) is 9.98 Å². The van der Waals surface area contributed by atoms with E-state index < -0.39 is 0 Å². The van der Waals surface area contributed by atoms with Gasteiger partial charge in [-0.3, -0.25) is 0 Å². The summed E-state index contributed by atoms with van der Waals surface area (Å²) in [6.07, 6.45) is 5.91. The van der Waals surface area contributed by atoms with Crippen LogP contribution in [0.25, 0.3) is 0 Å². The maximum absolute atomic E-state index is 5.15. The Bertz CT molecular complexity index is 495. The Labute approximate surface area is 137 Å². The van der Waals surface area contributed by atoms with Crippen LogP contribution in [0.4, 0.5) is 0 Å². The SMILES string of the molecule is CCNC(=NCc1cccc(OC)n1)NC1CCC(SC)C1. The van der Waals surface area contributed by atoms with Crippen LogP contribution in [-0.4, -0.2) is 42.1 Å². The lowest BCUT2D eigenvalue weighted by Gasteiger charge is -2.17. The van der Waals surface area contributed by atoms with Crippen molar-refractivity contribution in [1.29, 1.82) is 0 Å². The van der Waals surface area contributed by atoms with E-state index in [0.717, 1.165) is 23.4 Å². The van der Waals surface area contributed by atoms with Crippen LogP contribution in [0.3, 0.4) is 0 Å². The number of hydrogen-bond donors (Lipinski definition) is 2. The van der Waals surface area contributed by atoms with E-state index in [0.29, 0.717) is 18.5 Å². The minimum atomic E-state index is 0.522. The van der Waals surface area contributed by atoms with E-state index in [1.54, 1.807) is 7.11 Å².